The molecule has 0 spiro atoms. The molecule has 4 aromatic rings. The molecule has 2 N–H and O–H groups in total. The molecule has 0 saturated heterocycles. The van der Waals surface area contributed by atoms with Gasteiger partial charge < -0.3 is 5.32 Å². The molecule has 34 heavy (non-hydrogen) atoms. The van der Waals surface area contributed by atoms with Crippen LogP contribution in [0.15, 0.2) is 90.2 Å². The fourth-order valence-corrected chi connectivity index (χ4v) is 4.78. The van der Waals surface area contributed by atoms with Crippen LogP contribution in [0.4, 0.5) is 5.82 Å². The Labute approximate surface area is 202 Å². The largest absolute Gasteiger partial charge is 0.305 e. The number of hydrogen-bond donors (Lipinski definition) is 2. The van der Waals surface area contributed by atoms with Crippen LogP contribution in [0.3, 0.4) is 0 Å². The molecule has 0 aliphatic heterocycles. The Hall–Kier alpha value is -3.53. The van der Waals surface area contributed by atoms with Gasteiger partial charge in [0.25, 0.3) is 5.91 Å². The summed E-state index contributed by atoms with van der Waals surface area (Å²) in [6.45, 7) is 0.739. The molecule has 2 heterocycles. The molecule has 0 radical (unpaired) electrons. The second-order valence-corrected chi connectivity index (χ2v) is 9.62. The van der Waals surface area contributed by atoms with Crippen molar-refractivity contribution >= 4 is 33.3 Å². The number of hydrogen-bond acceptors (Lipinski definition) is 5. The number of halogens is 1. The van der Waals surface area contributed by atoms with Crippen molar-refractivity contribution in [2.45, 2.75) is 24.4 Å². The third-order valence-corrected chi connectivity index (χ3v) is 6.94. The third-order valence-electron chi connectivity index (χ3n) is 5.05. The van der Waals surface area contributed by atoms with E-state index in [1.165, 1.54) is 18.2 Å². The fraction of sp³-hybridized carbons (Fsp3) is 0.125. The molecular formula is C24H22ClN5O3S. The average Bonchev–Trinajstić information content (AvgIpc) is 3.30. The van der Waals surface area contributed by atoms with Gasteiger partial charge in [0.05, 0.1) is 5.02 Å². The van der Waals surface area contributed by atoms with Crippen LogP contribution in [0.1, 0.15) is 21.5 Å². The number of carbonyl (C=O) groups excluding carboxylic acids is 1. The lowest BCUT2D eigenvalue weighted by atomic mass is 10.2. The summed E-state index contributed by atoms with van der Waals surface area (Å²) in [4.78, 5) is 16.6. The summed E-state index contributed by atoms with van der Waals surface area (Å²) in [5.41, 5.74) is 2.08. The SMILES string of the molecule is O=C(Nc1ccn(CCc2ccncc2)n1)c1ccc(Cl)c(S(=O)(=O)NCc2ccccc2)c1. The van der Waals surface area contributed by atoms with Gasteiger partial charge in [0.15, 0.2) is 5.82 Å². The number of amides is 1. The van der Waals surface area contributed by atoms with E-state index >= 15 is 0 Å². The molecule has 8 nitrogen and oxygen atoms in total. The predicted molar refractivity (Wildman–Crippen MR) is 130 cm³/mol. The standard InChI is InChI=1S/C24H22ClN5O3S/c25-21-7-6-20(16-22(21)34(32,33)27-17-19-4-2-1-3-5-19)24(31)28-23-11-15-30(29-23)14-10-18-8-12-26-13-9-18/h1-9,11-13,15-16,27H,10,14,17H2,(H,28,29,31). The van der Waals surface area contributed by atoms with Crippen LogP contribution in [0.5, 0.6) is 0 Å². The zero-order valence-electron chi connectivity index (χ0n) is 18.1. The predicted octanol–water partition coefficient (Wildman–Crippen LogP) is 3.91. The number of nitrogens with zero attached hydrogens (tertiary/aromatic N) is 3. The number of carbonyl (C=O) groups is 1. The molecule has 0 aliphatic rings. The van der Waals surface area contributed by atoms with Crippen LogP contribution in [-0.2, 0) is 29.5 Å². The summed E-state index contributed by atoms with van der Waals surface area (Å²) in [5.74, 6) is -0.128. The highest BCUT2D eigenvalue weighted by atomic mass is 35.5. The molecule has 1 amide bonds. The first kappa shape index (κ1) is 23.6. The Balaban J connectivity index is 1.42. The van der Waals surface area contributed by atoms with Gasteiger partial charge in [-0.15, -0.1) is 0 Å². The Morgan fingerprint density at radius 2 is 1.74 bits per heavy atom. The van der Waals surface area contributed by atoms with Crippen LogP contribution >= 0.6 is 11.6 Å². The van der Waals surface area contributed by atoms with Crippen LogP contribution in [0.25, 0.3) is 0 Å². The van der Waals surface area contributed by atoms with Crippen molar-refractivity contribution in [1.82, 2.24) is 19.5 Å². The van der Waals surface area contributed by atoms with Crippen LogP contribution in [-0.4, -0.2) is 29.1 Å². The van der Waals surface area contributed by atoms with Crippen molar-refractivity contribution in [1.29, 1.82) is 0 Å². The van der Waals surface area contributed by atoms with Crippen LogP contribution in [0, 0.1) is 0 Å². The minimum absolute atomic E-state index is 0.0255. The van der Waals surface area contributed by atoms with E-state index in [1.54, 1.807) is 29.3 Å². The number of sulfonamides is 1. The van der Waals surface area contributed by atoms with Gasteiger partial charge >= 0.3 is 0 Å². The van der Waals surface area contributed by atoms with Crippen molar-refractivity contribution in [2.75, 3.05) is 5.32 Å². The van der Waals surface area contributed by atoms with E-state index in [-0.39, 0.29) is 22.0 Å². The maximum absolute atomic E-state index is 12.8. The van der Waals surface area contributed by atoms with Gasteiger partial charge in [0, 0.05) is 43.3 Å². The normalized spacial score (nSPS) is 11.3. The zero-order valence-corrected chi connectivity index (χ0v) is 19.6. The Morgan fingerprint density at radius 3 is 2.50 bits per heavy atom. The van der Waals surface area contributed by atoms with Crippen molar-refractivity contribution in [3.8, 4) is 0 Å². The number of aromatic nitrogens is 3. The van der Waals surface area contributed by atoms with Gasteiger partial charge in [0.2, 0.25) is 10.0 Å². The molecule has 174 valence electrons. The van der Waals surface area contributed by atoms with E-state index in [0.717, 1.165) is 17.5 Å². The summed E-state index contributed by atoms with van der Waals surface area (Å²) in [6, 6.07) is 18.8. The summed E-state index contributed by atoms with van der Waals surface area (Å²) in [6.07, 6.45) is 6.01. The maximum atomic E-state index is 12.8. The monoisotopic (exact) mass is 495 g/mol. The van der Waals surface area contributed by atoms with E-state index < -0.39 is 15.9 Å². The molecule has 0 atom stereocenters. The van der Waals surface area contributed by atoms with Crippen LogP contribution < -0.4 is 10.0 Å². The smallest absolute Gasteiger partial charge is 0.256 e. The second kappa shape index (κ2) is 10.6. The fourth-order valence-electron chi connectivity index (χ4n) is 3.24. The molecule has 0 aliphatic carbocycles. The average molecular weight is 496 g/mol. The summed E-state index contributed by atoms with van der Waals surface area (Å²) in [5, 5.41) is 7.07. The number of rotatable bonds is 9. The molecule has 0 saturated carbocycles. The quantitative estimate of drug-likeness (QED) is 0.366. The van der Waals surface area contributed by atoms with Crippen molar-refractivity contribution in [3.05, 3.63) is 107 Å². The highest BCUT2D eigenvalue weighted by Crippen LogP contribution is 2.23. The lowest BCUT2D eigenvalue weighted by molar-refractivity contribution is 0.102. The molecule has 0 fully saturated rings. The Kier molecular flexibility index (Phi) is 7.36. The van der Waals surface area contributed by atoms with Gasteiger partial charge in [-0.25, -0.2) is 13.1 Å². The van der Waals surface area contributed by atoms with Crippen molar-refractivity contribution < 1.29 is 13.2 Å². The van der Waals surface area contributed by atoms with Crippen LogP contribution in [0.2, 0.25) is 5.02 Å². The number of anilines is 1. The summed E-state index contributed by atoms with van der Waals surface area (Å²) in [7, 11) is -3.93. The molecule has 0 bridgehead atoms. The molecule has 2 aromatic heterocycles. The van der Waals surface area contributed by atoms with Gasteiger partial charge in [-0.3, -0.25) is 14.5 Å². The van der Waals surface area contributed by atoms with Crippen molar-refractivity contribution in [3.63, 3.8) is 0 Å². The second-order valence-electron chi connectivity index (χ2n) is 7.48. The van der Waals surface area contributed by atoms with Gasteiger partial charge in [0.1, 0.15) is 4.90 Å². The number of nitrogens with one attached hydrogen (secondary N) is 2. The zero-order chi connectivity index (χ0) is 24.0. The highest BCUT2D eigenvalue weighted by Gasteiger charge is 2.20. The minimum atomic E-state index is -3.93. The lowest BCUT2D eigenvalue weighted by Gasteiger charge is -2.10. The van der Waals surface area contributed by atoms with E-state index in [9.17, 15) is 13.2 Å². The highest BCUT2D eigenvalue weighted by molar-refractivity contribution is 7.89. The maximum Gasteiger partial charge on any atom is 0.256 e. The molecule has 4 rings (SSSR count). The van der Waals surface area contributed by atoms with E-state index in [2.05, 4.69) is 20.1 Å². The van der Waals surface area contributed by atoms with Crippen molar-refractivity contribution in [2.24, 2.45) is 0 Å². The summed E-state index contributed by atoms with van der Waals surface area (Å²) < 4.78 is 29.8. The van der Waals surface area contributed by atoms with Gasteiger partial charge in [-0.1, -0.05) is 41.9 Å². The van der Waals surface area contributed by atoms with Gasteiger partial charge in [-0.2, -0.15) is 5.10 Å². The van der Waals surface area contributed by atoms with E-state index in [4.69, 9.17) is 11.6 Å². The molecular weight excluding hydrogens is 474 g/mol. The lowest BCUT2D eigenvalue weighted by Crippen LogP contribution is -2.24. The topological polar surface area (TPSA) is 106 Å². The first-order chi connectivity index (χ1) is 16.4. The van der Waals surface area contributed by atoms with E-state index in [0.29, 0.717) is 12.4 Å². The first-order valence-corrected chi connectivity index (χ1v) is 12.3. The van der Waals surface area contributed by atoms with Gasteiger partial charge in [-0.05, 0) is 47.9 Å². The first-order valence-electron chi connectivity index (χ1n) is 10.5. The Bertz CT molecular complexity index is 1380. The minimum Gasteiger partial charge on any atom is -0.305 e. The summed E-state index contributed by atoms with van der Waals surface area (Å²) >= 11 is 6.15. The molecule has 0 unspecified atom stereocenters. The Morgan fingerprint density at radius 1 is 0.971 bits per heavy atom. The number of aryl methyl sites for hydroxylation is 2. The number of benzene rings is 2. The molecule has 2 aromatic carbocycles. The third kappa shape index (κ3) is 6.07. The molecule has 10 heteroatoms. The van der Waals surface area contributed by atoms with E-state index in [1.807, 2.05) is 42.5 Å². The number of pyridine rings is 1.